The van der Waals surface area contributed by atoms with Crippen molar-refractivity contribution in [2.75, 3.05) is 0 Å². The first kappa shape index (κ1) is 7.77. The van der Waals surface area contributed by atoms with E-state index in [1.54, 1.807) is 0 Å². The molecule has 0 saturated heterocycles. The third-order valence-electron chi connectivity index (χ3n) is 2.86. The fraction of sp³-hybridized carbons (Fsp3) is 0.0769. The Kier molecular flexibility index (Phi) is 1.49. The molecule has 1 aliphatic rings. The van der Waals surface area contributed by atoms with E-state index in [1.807, 2.05) is 0 Å². The molecule has 0 saturated carbocycles. The van der Waals surface area contributed by atoms with Crippen molar-refractivity contribution in [2.45, 2.75) is 6.54 Å². The molecule has 0 heterocycles. The maximum atomic E-state index is 5.71. The molecule has 0 fully saturated rings. The van der Waals surface area contributed by atoms with Crippen LogP contribution in [0.2, 0.25) is 0 Å². The Hall–Kier alpha value is -1.60. The highest BCUT2D eigenvalue weighted by atomic mass is 14.5. The van der Waals surface area contributed by atoms with Crippen molar-refractivity contribution in [2.24, 2.45) is 5.73 Å². The molecular weight excluding hydrogens is 170 g/mol. The average molecular weight is 181 g/mol. The van der Waals surface area contributed by atoms with Gasteiger partial charge in [0.25, 0.3) is 0 Å². The van der Waals surface area contributed by atoms with Crippen molar-refractivity contribution in [3.63, 3.8) is 0 Å². The van der Waals surface area contributed by atoms with Crippen molar-refractivity contribution in [1.29, 1.82) is 0 Å². The van der Waals surface area contributed by atoms with Gasteiger partial charge < -0.3 is 5.73 Å². The molecule has 2 N–H and O–H groups in total. The third kappa shape index (κ3) is 0.824. The van der Waals surface area contributed by atoms with E-state index in [1.165, 1.54) is 26.4 Å². The summed E-state index contributed by atoms with van der Waals surface area (Å²) >= 11 is 0. The normalized spacial score (nSPS) is 11.5. The molecule has 68 valence electrons. The third-order valence-corrected chi connectivity index (χ3v) is 2.86. The Balaban J connectivity index is 2.60. The highest BCUT2D eigenvalue weighted by Crippen LogP contribution is 2.15. The van der Waals surface area contributed by atoms with E-state index in [9.17, 15) is 0 Å². The first-order valence-corrected chi connectivity index (χ1v) is 4.83. The lowest BCUT2D eigenvalue weighted by atomic mass is 9.97. The predicted octanol–water partition coefficient (Wildman–Crippen LogP) is 2.03. The van der Waals surface area contributed by atoms with Crippen molar-refractivity contribution in [3.8, 4) is 0 Å². The van der Waals surface area contributed by atoms with Crippen LogP contribution in [0.1, 0.15) is 5.56 Å². The second-order valence-corrected chi connectivity index (χ2v) is 3.59. The van der Waals surface area contributed by atoms with Crippen LogP contribution in [-0.2, 0) is 6.54 Å². The molecule has 1 heteroatoms. The fourth-order valence-electron chi connectivity index (χ4n) is 2.19. The minimum absolute atomic E-state index is 0.623. The molecule has 14 heavy (non-hydrogen) atoms. The fourth-order valence-corrected chi connectivity index (χ4v) is 2.19. The van der Waals surface area contributed by atoms with Crippen LogP contribution in [0.25, 0.3) is 0 Å². The molecule has 3 rings (SSSR count). The topological polar surface area (TPSA) is 26.0 Å². The number of hydrogen-bond acceptors (Lipinski definition) is 1. The number of hydrogen-bond donors (Lipinski definition) is 1. The molecule has 1 aliphatic carbocycles. The predicted molar refractivity (Wildman–Crippen MR) is 56.1 cm³/mol. The Labute approximate surface area is 81.8 Å². The van der Waals surface area contributed by atoms with Gasteiger partial charge in [0.15, 0.2) is 0 Å². The van der Waals surface area contributed by atoms with Gasteiger partial charge in [0.05, 0.1) is 0 Å². The van der Waals surface area contributed by atoms with Gasteiger partial charge in [-0.1, -0.05) is 42.5 Å². The molecule has 0 radical (unpaired) electrons. The molecule has 0 bridgehead atoms. The molecule has 2 aromatic rings. The van der Waals surface area contributed by atoms with Crippen LogP contribution >= 0.6 is 0 Å². The van der Waals surface area contributed by atoms with Gasteiger partial charge in [-0.25, -0.2) is 0 Å². The molecule has 1 nitrogen and oxygen atoms in total. The van der Waals surface area contributed by atoms with Gasteiger partial charge >= 0.3 is 0 Å². The maximum absolute atomic E-state index is 5.71. The van der Waals surface area contributed by atoms with Gasteiger partial charge in [0, 0.05) is 6.54 Å². The van der Waals surface area contributed by atoms with E-state index < -0.39 is 0 Å². The number of benzene rings is 2. The lowest BCUT2D eigenvalue weighted by Gasteiger charge is -2.07. The number of rotatable bonds is 1. The Bertz CT molecular complexity index is 671. The maximum Gasteiger partial charge on any atom is 0.0184 e. The molecular formula is C13H11N. The van der Waals surface area contributed by atoms with E-state index in [2.05, 4.69) is 42.5 Å². The lowest BCUT2D eigenvalue weighted by molar-refractivity contribution is 1.04. The van der Waals surface area contributed by atoms with Crippen LogP contribution in [0.5, 0.6) is 0 Å². The second-order valence-electron chi connectivity index (χ2n) is 3.59. The average Bonchev–Trinajstić information content (AvgIpc) is 2.24. The van der Waals surface area contributed by atoms with Crippen molar-refractivity contribution < 1.29 is 0 Å². The largest absolute Gasteiger partial charge is 0.326 e. The smallest absolute Gasteiger partial charge is 0.0184 e. The van der Waals surface area contributed by atoms with Crippen LogP contribution in [0, 0.1) is 20.9 Å². The highest BCUT2D eigenvalue weighted by Gasteiger charge is 2.03. The Morgan fingerprint density at radius 2 is 1.50 bits per heavy atom. The molecule has 2 aromatic carbocycles. The molecule has 0 aromatic heterocycles. The second kappa shape index (κ2) is 2.69. The summed E-state index contributed by atoms with van der Waals surface area (Å²) in [6.45, 7) is 0.623. The summed E-state index contributed by atoms with van der Waals surface area (Å²) < 4.78 is 0. The Morgan fingerprint density at radius 1 is 0.786 bits per heavy atom. The zero-order chi connectivity index (χ0) is 9.54. The lowest BCUT2D eigenvalue weighted by Crippen LogP contribution is -2.02. The summed E-state index contributed by atoms with van der Waals surface area (Å²) in [6, 6.07) is 14.8. The van der Waals surface area contributed by atoms with Gasteiger partial charge in [-0.2, -0.15) is 0 Å². The van der Waals surface area contributed by atoms with Crippen molar-refractivity contribution in [3.05, 3.63) is 68.9 Å². The zero-order valence-corrected chi connectivity index (χ0v) is 7.83. The first-order valence-electron chi connectivity index (χ1n) is 4.83. The standard InChI is InChI=1S/C13H11N/c14-8-9-4-3-7-12-10-5-1-2-6-11(10)13(9)12/h1-7H,8,14H2. The van der Waals surface area contributed by atoms with Gasteiger partial charge in [0.1, 0.15) is 0 Å². The molecule has 0 spiro atoms. The van der Waals surface area contributed by atoms with Crippen LogP contribution in [0.15, 0.2) is 42.5 Å². The minimum atomic E-state index is 0.623. The molecule has 0 aliphatic heterocycles. The van der Waals surface area contributed by atoms with Crippen LogP contribution in [-0.4, -0.2) is 0 Å². The summed E-state index contributed by atoms with van der Waals surface area (Å²) in [5, 5.41) is 5.41. The van der Waals surface area contributed by atoms with Crippen LogP contribution in [0.4, 0.5) is 0 Å². The summed E-state index contributed by atoms with van der Waals surface area (Å²) in [6.07, 6.45) is 0. The van der Waals surface area contributed by atoms with Gasteiger partial charge in [-0.3, -0.25) is 0 Å². The van der Waals surface area contributed by atoms with E-state index in [0.717, 1.165) is 0 Å². The summed E-state index contributed by atoms with van der Waals surface area (Å²) in [5.41, 5.74) is 6.96. The monoisotopic (exact) mass is 181 g/mol. The quantitative estimate of drug-likeness (QED) is 0.610. The van der Waals surface area contributed by atoms with E-state index in [4.69, 9.17) is 5.73 Å². The van der Waals surface area contributed by atoms with Crippen LogP contribution in [0.3, 0.4) is 0 Å². The van der Waals surface area contributed by atoms with Gasteiger partial charge in [-0.05, 0) is 26.4 Å². The molecule has 0 atom stereocenters. The summed E-state index contributed by atoms with van der Waals surface area (Å²) in [4.78, 5) is 0. The number of nitrogens with two attached hydrogens (primary N) is 1. The first-order chi connectivity index (χ1) is 6.92. The Morgan fingerprint density at radius 3 is 2.29 bits per heavy atom. The van der Waals surface area contributed by atoms with Gasteiger partial charge in [-0.15, -0.1) is 0 Å². The zero-order valence-electron chi connectivity index (χ0n) is 7.83. The van der Waals surface area contributed by atoms with E-state index in [0.29, 0.717) is 6.54 Å². The number of fused-ring (bicyclic) bond motifs is 2. The van der Waals surface area contributed by atoms with Gasteiger partial charge in [0.2, 0.25) is 0 Å². The summed E-state index contributed by atoms with van der Waals surface area (Å²) in [5.74, 6) is 0. The molecule has 0 amide bonds. The summed E-state index contributed by atoms with van der Waals surface area (Å²) in [7, 11) is 0. The highest BCUT2D eigenvalue weighted by molar-refractivity contribution is 5.33. The van der Waals surface area contributed by atoms with Crippen molar-refractivity contribution >= 4 is 0 Å². The van der Waals surface area contributed by atoms with Crippen molar-refractivity contribution in [1.82, 2.24) is 0 Å². The minimum Gasteiger partial charge on any atom is -0.326 e. The SMILES string of the molecule is NCc1cccc2c1=c1ccccc1=2. The van der Waals surface area contributed by atoms with Crippen LogP contribution < -0.4 is 5.73 Å². The van der Waals surface area contributed by atoms with E-state index >= 15 is 0 Å². The van der Waals surface area contributed by atoms with E-state index in [-0.39, 0.29) is 0 Å². The molecule has 0 unspecified atom stereocenters.